The molecule has 0 radical (unpaired) electrons. The molecule has 2 fully saturated rings. The summed E-state index contributed by atoms with van der Waals surface area (Å²) in [4.78, 5) is 12.4. The molecular formula is C19H24ClN3O3. The lowest BCUT2D eigenvalue weighted by atomic mass is 9.75. The van der Waals surface area contributed by atoms with Crippen molar-refractivity contribution in [2.24, 2.45) is 11.8 Å². The summed E-state index contributed by atoms with van der Waals surface area (Å²) in [7, 11) is 0. The van der Waals surface area contributed by atoms with E-state index in [0.717, 1.165) is 31.4 Å². The van der Waals surface area contributed by atoms with Crippen molar-refractivity contribution in [3.63, 3.8) is 0 Å². The standard InChI is InChI=1S/C19H24ClN3O3/c20-15-2-4-17-13(8-15)7-14(19(25)23-17)11-22-16-3-1-12(10-21)18(9-16)26-6-5-24/h1,3,9,13-15,17,22,24H,2,4-8,11H2,(H,23,25). The minimum absolute atomic E-state index is 0.0946. The minimum Gasteiger partial charge on any atom is -0.490 e. The van der Waals surface area contributed by atoms with Crippen LogP contribution in [0.3, 0.4) is 0 Å². The van der Waals surface area contributed by atoms with Crippen LogP contribution in [0.25, 0.3) is 0 Å². The van der Waals surface area contributed by atoms with Crippen molar-refractivity contribution in [1.82, 2.24) is 5.32 Å². The highest BCUT2D eigenvalue weighted by atomic mass is 35.5. The number of hydrogen-bond donors (Lipinski definition) is 3. The Balaban J connectivity index is 1.61. The zero-order chi connectivity index (χ0) is 18.5. The molecule has 1 amide bonds. The van der Waals surface area contributed by atoms with Crippen LogP contribution in [0, 0.1) is 23.2 Å². The second-order valence-corrected chi connectivity index (χ2v) is 7.61. The lowest BCUT2D eigenvalue weighted by Gasteiger charge is -2.41. The van der Waals surface area contributed by atoms with Crippen LogP contribution in [0.2, 0.25) is 0 Å². The molecule has 26 heavy (non-hydrogen) atoms. The number of aliphatic hydroxyl groups excluding tert-OH is 1. The third kappa shape index (κ3) is 4.40. The zero-order valence-corrected chi connectivity index (χ0v) is 15.3. The van der Waals surface area contributed by atoms with Crippen LogP contribution in [0.15, 0.2) is 18.2 Å². The molecule has 1 heterocycles. The first-order valence-corrected chi connectivity index (χ1v) is 9.50. The molecule has 1 aromatic carbocycles. The maximum atomic E-state index is 12.4. The zero-order valence-electron chi connectivity index (χ0n) is 14.6. The number of carbonyl (C=O) groups is 1. The first kappa shape index (κ1) is 18.8. The van der Waals surface area contributed by atoms with Gasteiger partial charge in [0.2, 0.25) is 5.91 Å². The van der Waals surface area contributed by atoms with E-state index in [1.165, 1.54) is 0 Å². The van der Waals surface area contributed by atoms with Gasteiger partial charge in [0, 0.05) is 29.7 Å². The van der Waals surface area contributed by atoms with E-state index in [0.29, 0.717) is 23.8 Å². The van der Waals surface area contributed by atoms with Crippen LogP contribution >= 0.6 is 11.6 Å². The number of hydrogen-bond acceptors (Lipinski definition) is 5. The molecule has 7 heteroatoms. The molecule has 140 valence electrons. The number of nitrogens with one attached hydrogen (secondary N) is 2. The molecule has 0 spiro atoms. The second kappa shape index (κ2) is 8.61. The molecular weight excluding hydrogens is 354 g/mol. The van der Waals surface area contributed by atoms with Crippen molar-refractivity contribution in [2.75, 3.05) is 25.1 Å². The van der Waals surface area contributed by atoms with Crippen LogP contribution in [-0.4, -0.2) is 42.2 Å². The van der Waals surface area contributed by atoms with Crippen molar-refractivity contribution < 1.29 is 14.6 Å². The van der Waals surface area contributed by atoms with Gasteiger partial charge in [0.1, 0.15) is 18.4 Å². The average molecular weight is 378 g/mol. The summed E-state index contributed by atoms with van der Waals surface area (Å²) in [5.41, 5.74) is 1.20. The SMILES string of the molecule is N#Cc1ccc(NCC2CC3CC(Cl)CCC3NC2=O)cc1OCCO. The molecule has 3 N–H and O–H groups in total. The largest absolute Gasteiger partial charge is 0.490 e. The highest BCUT2D eigenvalue weighted by Gasteiger charge is 2.38. The number of aliphatic hydroxyl groups is 1. The Morgan fingerprint density at radius 1 is 1.38 bits per heavy atom. The van der Waals surface area contributed by atoms with Crippen molar-refractivity contribution in [3.05, 3.63) is 23.8 Å². The third-order valence-electron chi connectivity index (χ3n) is 5.21. The number of anilines is 1. The summed E-state index contributed by atoms with van der Waals surface area (Å²) in [5.74, 6) is 0.866. The van der Waals surface area contributed by atoms with Crippen LogP contribution in [0.5, 0.6) is 5.75 Å². The monoisotopic (exact) mass is 377 g/mol. The lowest BCUT2D eigenvalue weighted by molar-refractivity contribution is -0.129. The summed E-state index contributed by atoms with van der Waals surface area (Å²) in [6.45, 7) is 0.536. The summed E-state index contributed by atoms with van der Waals surface area (Å²) in [6.07, 6.45) is 3.73. The molecule has 1 aliphatic carbocycles. The van der Waals surface area contributed by atoms with Gasteiger partial charge >= 0.3 is 0 Å². The van der Waals surface area contributed by atoms with Gasteiger partial charge in [-0.1, -0.05) is 0 Å². The number of nitrogens with zero attached hydrogens (tertiary/aromatic N) is 1. The maximum Gasteiger partial charge on any atom is 0.225 e. The number of carbonyl (C=O) groups excluding carboxylic acids is 1. The molecule has 1 saturated carbocycles. The molecule has 1 saturated heterocycles. The fraction of sp³-hybridized carbons (Fsp3) is 0.579. The second-order valence-electron chi connectivity index (χ2n) is 6.99. The van der Waals surface area contributed by atoms with E-state index < -0.39 is 0 Å². The minimum atomic E-state index is -0.116. The highest BCUT2D eigenvalue weighted by Crippen LogP contribution is 2.35. The summed E-state index contributed by atoms with van der Waals surface area (Å²) >= 11 is 6.29. The van der Waals surface area contributed by atoms with Gasteiger partial charge in [-0.15, -0.1) is 11.6 Å². The number of fused-ring (bicyclic) bond motifs is 1. The molecule has 4 unspecified atom stereocenters. The maximum absolute atomic E-state index is 12.4. The van der Waals surface area contributed by atoms with Crippen molar-refractivity contribution in [3.8, 4) is 11.8 Å². The lowest BCUT2D eigenvalue weighted by Crippen LogP contribution is -2.53. The van der Waals surface area contributed by atoms with E-state index in [4.69, 9.17) is 26.7 Å². The molecule has 4 atom stereocenters. The number of rotatable bonds is 6. The van der Waals surface area contributed by atoms with Crippen LogP contribution in [0.4, 0.5) is 5.69 Å². The van der Waals surface area contributed by atoms with Crippen LogP contribution < -0.4 is 15.4 Å². The smallest absolute Gasteiger partial charge is 0.225 e. The summed E-state index contributed by atoms with van der Waals surface area (Å²) < 4.78 is 5.41. The Kier molecular flexibility index (Phi) is 6.23. The van der Waals surface area contributed by atoms with Crippen molar-refractivity contribution >= 4 is 23.2 Å². The quantitative estimate of drug-likeness (QED) is 0.661. The molecule has 6 nitrogen and oxygen atoms in total. The number of nitriles is 1. The molecule has 1 aromatic rings. The number of halogens is 1. The topological polar surface area (TPSA) is 94.4 Å². The van der Waals surface area contributed by atoms with Crippen LogP contribution in [-0.2, 0) is 4.79 Å². The van der Waals surface area contributed by atoms with E-state index in [1.807, 2.05) is 0 Å². The predicted octanol–water partition coefficient (Wildman–Crippen LogP) is 2.25. The first-order chi connectivity index (χ1) is 12.6. The molecule has 3 rings (SSSR count). The average Bonchev–Trinajstić information content (AvgIpc) is 2.65. The molecule has 2 aliphatic rings. The fourth-order valence-electron chi connectivity index (χ4n) is 3.85. The van der Waals surface area contributed by atoms with Gasteiger partial charge in [-0.25, -0.2) is 0 Å². The Morgan fingerprint density at radius 3 is 3.00 bits per heavy atom. The Morgan fingerprint density at radius 2 is 2.23 bits per heavy atom. The van der Waals surface area contributed by atoms with Gasteiger partial charge in [0.25, 0.3) is 0 Å². The summed E-state index contributed by atoms with van der Waals surface area (Å²) in [6, 6.07) is 7.53. The number of benzene rings is 1. The van der Waals surface area contributed by atoms with E-state index in [9.17, 15) is 4.79 Å². The normalized spacial score (nSPS) is 27.8. The van der Waals surface area contributed by atoms with Crippen molar-refractivity contribution in [2.45, 2.75) is 37.1 Å². The Bertz CT molecular complexity index is 691. The van der Waals surface area contributed by atoms with Gasteiger partial charge in [0.05, 0.1) is 18.1 Å². The van der Waals surface area contributed by atoms with E-state index in [-0.39, 0.29) is 36.5 Å². The predicted molar refractivity (Wildman–Crippen MR) is 99.2 cm³/mol. The van der Waals surface area contributed by atoms with Gasteiger partial charge in [-0.2, -0.15) is 5.26 Å². The molecule has 0 aromatic heterocycles. The first-order valence-electron chi connectivity index (χ1n) is 9.06. The van der Waals surface area contributed by atoms with Gasteiger partial charge in [-0.3, -0.25) is 4.79 Å². The van der Waals surface area contributed by atoms with Gasteiger partial charge in [0.15, 0.2) is 0 Å². The number of amides is 1. The van der Waals surface area contributed by atoms with E-state index in [1.54, 1.807) is 18.2 Å². The Labute approximate surface area is 158 Å². The van der Waals surface area contributed by atoms with Crippen molar-refractivity contribution in [1.29, 1.82) is 5.26 Å². The Hall–Kier alpha value is -1.97. The van der Waals surface area contributed by atoms with Gasteiger partial charge in [-0.05, 0) is 43.7 Å². The molecule has 0 bridgehead atoms. The van der Waals surface area contributed by atoms with E-state index in [2.05, 4.69) is 16.7 Å². The number of alkyl halides is 1. The summed E-state index contributed by atoms with van der Waals surface area (Å²) in [5, 5.41) is 24.7. The third-order valence-corrected chi connectivity index (χ3v) is 5.60. The fourth-order valence-corrected chi connectivity index (χ4v) is 4.20. The number of ether oxygens (including phenoxy) is 1. The number of piperidine rings is 1. The molecule has 1 aliphatic heterocycles. The highest BCUT2D eigenvalue weighted by molar-refractivity contribution is 6.20. The van der Waals surface area contributed by atoms with E-state index >= 15 is 0 Å². The van der Waals surface area contributed by atoms with Gasteiger partial charge < -0.3 is 20.5 Å². The van der Waals surface area contributed by atoms with Crippen LogP contribution in [0.1, 0.15) is 31.2 Å².